The highest BCUT2D eigenvalue weighted by Crippen LogP contribution is 2.39. The molecule has 0 bridgehead atoms. The number of hydrogen-bond donors (Lipinski definition) is 0. The van der Waals surface area contributed by atoms with E-state index < -0.39 is 0 Å². The summed E-state index contributed by atoms with van der Waals surface area (Å²) in [7, 11) is 0. The number of ether oxygens (including phenoxy) is 2. The van der Waals surface area contributed by atoms with Crippen LogP contribution in [0.15, 0.2) is 6.07 Å². The topological polar surface area (TPSA) is 18.5 Å². The molecule has 0 saturated carbocycles. The second-order valence-corrected chi connectivity index (χ2v) is 3.74. The van der Waals surface area contributed by atoms with Crippen LogP contribution in [0.2, 0.25) is 0 Å². The predicted octanol–water partition coefficient (Wildman–Crippen LogP) is 2.86. The number of rotatable bonds is 3. The van der Waals surface area contributed by atoms with Crippen molar-refractivity contribution in [1.29, 1.82) is 0 Å². The average molecular weight is 210 g/mol. The van der Waals surface area contributed by atoms with Crippen LogP contribution in [-0.2, 0) is 6.42 Å². The summed E-state index contributed by atoms with van der Waals surface area (Å²) in [4.78, 5) is 0. The van der Waals surface area contributed by atoms with Crippen molar-refractivity contribution in [2.45, 2.75) is 26.7 Å². The van der Waals surface area contributed by atoms with Crippen LogP contribution in [0.4, 0.5) is 4.39 Å². The van der Waals surface area contributed by atoms with E-state index in [1.807, 2.05) is 6.92 Å². The summed E-state index contributed by atoms with van der Waals surface area (Å²) in [6.07, 6.45) is 1.69. The van der Waals surface area contributed by atoms with Crippen molar-refractivity contribution in [2.24, 2.45) is 0 Å². The summed E-state index contributed by atoms with van der Waals surface area (Å²) in [6, 6.07) is 1.43. The molecule has 0 atom stereocenters. The van der Waals surface area contributed by atoms with Gasteiger partial charge in [-0.25, -0.2) is 4.39 Å². The van der Waals surface area contributed by atoms with Gasteiger partial charge in [-0.15, -0.1) is 0 Å². The lowest BCUT2D eigenvalue weighted by Gasteiger charge is -2.11. The molecule has 0 N–H and O–H groups in total. The molecule has 1 aromatic rings. The molecular weight excluding hydrogens is 195 g/mol. The average Bonchev–Trinajstić information content (AvgIpc) is 2.70. The second kappa shape index (κ2) is 4.09. The van der Waals surface area contributed by atoms with Crippen LogP contribution in [0, 0.1) is 12.7 Å². The molecule has 0 radical (unpaired) electrons. The molecule has 2 nitrogen and oxygen atoms in total. The van der Waals surface area contributed by atoms with Gasteiger partial charge in [0.05, 0.1) is 13.2 Å². The van der Waals surface area contributed by atoms with Crippen LogP contribution in [0.25, 0.3) is 0 Å². The van der Waals surface area contributed by atoms with Gasteiger partial charge in [-0.1, -0.05) is 6.92 Å². The Morgan fingerprint density at radius 1 is 1.53 bits per heavy atom. The lowest BCUT2D eigenvalue weighted by atomic mass is 10.1. The van der Waals surface area contributed by atoms with Crippen molar-refractivity contribution < 1.29 is 13.9 Å². The first-order valence-corrected chi connectivity index (χ1v) is 5.31. The summed E-state index contributed by atoms with van der Waals surface area (Å²) >= 11 is 0. The minimum Gasteiger partial charge on any atom is -0.490 e. The molecule has 0 fully saturated rings. The van der Waals surface area contributed by atoms with Gasteiger partial charge in [0.25, 0.3) is 0 Å². The molecule has 0 aliphatic carbocycles. The van der Waals surface area contributed by atoms with Gasteiger partial charge in [0, 0.05) is 18.1 Å². The Balaban J connectivity index is 2.38. The zero-order valence-electron chi connectivity index (χ0n) is 9.10. The fourth-order valence-corrected chi connectivity index (χ4v) is 1.79. The zero-order chi connectivity index (χ0) is 10.8. The van der Waals surface area contributed by atoms with Gasteiger partial charge < -0.3 is 9.47 Å². The van der Waals surface area contributed by atoms with E-state index in [0.717, 1.165) is 24.2 Å². The molecule has 1 aliphatic heterocycles. The third-order valence-corrected chi connectivity index (χ3v) is 2.63. The quantitative estimate of drug-likeness (QED) is 0.763. The Morgan fingerprint density at radius 2 is 2.33 bits per heavy atom. The highest BCUT2D eigenvalue weighted by Gasteiger charge is 2.22. The minimum atomic E-state index is -0.203. The van der Waals surface area contributed by atoms with Gasteiger partial charge in [0.1, 0.15) is 5.82 Å². The van der Waals surface area contributed by atoms with E-state index in [0.29, 0.717) is 24.5 Å². The van der Waals surface area contributed by atoms with Crippen molar-refractivity contribution >= 4 is 0 Å². The van der Waals surface area contributed by atoms with E-state index in [-0.39, 0.29) is 5.82 Å². The predicted molar refractivity (Wildman–Crippen MR) is 56.1 cm³/mol. The van der Waals surface area contributed by atoms with Gasteiger partial charge >= 0.3 is 0 Å². The van der Waals surface area contributed by atoms with Crippen LogP contribution in [0.3, 0.4) is 0 Å². The van der Waals surface area contributed by atoms with E-state index >= 15 is 0 Å². The number of fused-ring (bicyclic) bond motifs is 1. The molecule has 1 aliphatic rings. The molecule has 3 heteroatoms. The molecule has 0 saturated heterocycles. The largest absolute Gasteiger partial charge is 0.490 e. The summed E-state index contributed by atoms with van der Waals surface area (Å²) in [5.74, 6) is 1.08. The van der Waals surface area contributed by atoms with Crippen LogP contribution >= 0.6 is 0 Å². The smallest absolute Gasteiger partial charge is 0.164 e. The first kappa shape index (κ1) is 10.3. The molecule has 1 heterocycles. The van der Waals surface area contributed by atoms with E-state index in [2.05, 4.69) is 0 Å². The van der Waals surface area contributed by atoms with Gasteiger partial charge in [-0.2, -0.15) is 0 Å². The fraction of sp³-hybridized carbons (Fsp3) is 0.500. The lowest BCUT2D eigenvalue weighted by Crippen LogP contribution is -1.99. The molecule has 0 spiro atoms. The van der Waals surface area contributed by atoms with E-state index in [1.165, 1.54) is 6.07 Å². The van der Waals surface area contributed by atoms with Crippen LogP contribution in [0.5, 0.6) is 11.5 Å². The molecule has 1 aromatic carbocycles. The second-order valence-electron chi connectivity index (χ2n) is 3.74. The van der Waals surface area contributed by atoms with Crippen molar-refractivity contribution in [1.82, 2.24) is 0 Å². The fourth-order valence-electron chi connectivity index (χ4n) is 1.79. The van der Waals surface area contributed by atoms with E-state index in [4.69, 9.17) is 9.47 Å². The number of hydrogen-bond acceptors (Lipinski definition) is 2. The molecule has 15 heavy (non-hydrogen) atoms. The normalized spacial score (nSPS) is 13.5. The molecular formula is C12H15FO2. The summed E-state index contributed by atoms with van der Waals surface area (Å²) in [5.41, 5.74) is 1.65. The van der Waals surface area contributed by atoms with Gasteiger partial charge in [-0.05, 0) is 18.9 Å². The third kappa shape index (κ3) is 1.78. The summed E-state index contributed by atoms with van der Waals surface area (Å²) in [6.45, 7) is 5.03. The third-order valence-electron chi connectivity index (χ3n) is 2.63. The maximum absolute atomic E-state index is 13.5. The molecule has 0 amide bonds. The first-order chi connectivity index (χ1) is 7.24. The van der Waals surface area contributed by atoms with Gasteiger partial charge in [0.15, 0.2) is 11.5 Å². The SMILES string of the molecule is CCCOc1cc(F)c(C)c2c1OCC2. The Labute approximate surface area is 89.0 Å². The lowest BCUT2D eigenvalue weighted by molar-refractivity contribution is 0.284. The summed E-state index contributed by atoms with van der Waals surface area (Å²) in [5, 5.41) is 0. The maximum Gasteiger partial charge on any atom is 0.164 e. The van der Waals surface area contributed by atoms with E-state index in [9.17, 15) is 4.39 Å². The highest BCUT2D eigenvalue weighted by molar-refractivity contribution is 5.53. The summed E-state index contributed by atoms with van der Waals surface area (Å²) < 4.78 is 24.5. The molecule has 82 valence electrons. The molecule has 0 aromatic heterocycles. The van der Waals surface area contributed by atoms with Gasteiger partial charge in [-0.3, -0.25) is 0 Å². The van der Waals surface area contributed by atoms with Gasteiger partial charge in [0.2, 0.25) is 0 Å². The molecule has 0 unspecified atom stereocenters. The monoisotopic (exact) mass is 210 g/mol. The van der Waals surface area contributed by atoms with Crippen molar-refractivity contribution in [3.63, 3.8) is 0 Å². The highest BCUT2D eigenvalue weighted by atomic mass is 19.1. The maximum atomic E-state index is 13.5. The van der Waals surface area contributed by atoms with Crippen LogP contribution in [0.1, 0.15) is 24.5 Å². The molecule has 2 rings (SSSR count). The minimum absolute atomic E-state index is 0.203. The van der Waals surface area contributed by atoms with Crippen molar-refractivity contribution in [2.75, 3.05) is 13.2 Å². The Kier molecular flexibility index (Phi) is 2.80. The Hall–Kier alpha value is -1.25. The number of benzene rings is 1. The van der Waals surface area contributed by atoms with Crippen molar-refractivity contribution in [3.05, 3.63) is 23.0 Å². The zero-order valence-corrected chi connectivity index (χ0v) is 9.10. The van der Waals surface area contributed by atoms with Crippen LogP contribution < -0.4 is 9.47 Å². The Bertz CT molecular complexity index is 374. The van der Waals surface area contributed by atoms with Crippen molar-refractivity contribution in [3.8, 4) is 11.5 Å². The van der Waals surface area contributed by atoms with Crippen LogP contribution in [-0.4, -0.2) is 13.2 Å². The standard InChI is InChI=1S/C12H15FO2/c1-3-5-14-11-7-10(13)8(2)9-4-6-15-12(9)11/h7H,3-6H2,1-2H3. The first-order valence-electron chi connectivity index (χ1n) is 5.31. The number of halogens is 1. The van der Waals surface area contributed by atoms with E-state index in [1.54, 1.807) is 6.92 Å². The Morgan fingerprint density at radius 3 is 3.07 bits per heavy atom.